The van der Waals surface area contributed by atoms with E-state index in [1.807, 2.05) is 0 Å². The summed E-state index contributed by atoms with van der Waals surface area (Å²) >= 11 is 0. The van der Waals surface area contributed by atoms with Gasteiger partial charge in [0.25, 0.3) is 5.91 Å². The predicted octanol–water partition coefficient (Wildman–Crippen LogP) is 5.44. The molecule has 3 N–H and O–H groups in total. The lowest BCUT2D eigenvalue weighted by molar-refractivity contribution is -0.137. The zero-order chi connectivity index (χ0) is 22.5. The van der Waals surface area contributed by atoms with Gasteiger partial charge in [0, 0.05) is 17.8 Å². The van der Waals surface area contributed by atoms with Crippen molar-refractivity contribution in [1.29, 1.82) is 0 Å². The Morgan fingerprint density at radius 2 is 1.87 bits per heavy atom. The third-order valence-corrected chi connectivity index (χ3v) is 5.28. The Morgan fingerprint density at radius 1 is 1.17 bits per heavy atom. The summed E-state index contributed by atoms with van der Waals surface area (Å²) in [6, 6.07) is 3.47. The monoisotopic (exact) mass is 428 g/mol. The molecule has 1 amide bonds. The van der Waals surface area contributed by atoms with Gasteiger partial charge >= 0.3 is 6.18 Å². The molecule has 1 aromatic heterocycles. The van der Waals surface area contributed by atoms with Crippen LogP contribution in [-0.2, 0) is 12.7 Å². The number of nitrogens with two attached hydrogens (primary N) is 1. The van der Waals surface area contributed by atoms with Crippen LogP contribution < -0.4 is 5.73 Å². The van der Waals surface area contributed by atoms with Crippen molar-refractivity contribution in [2.24, 2.45) is 5.73 Å². The molecule has 0 radical (unpaired) electrons. The summed E-state index contributed by atoms with van der Waals surface area (Å²) < 4.78 is 55.4. The molecule has 1 heterocycles. The number of amides is 1. The number of aliphatic hydroxyl groups is 1. The summed E-state index contributed by atoms with van der Waals surface area (Å²) in [6.45, 7) is 3.91. The summed E-state index contributed by atoms with van der Waals surface area (Å²) in [5, 5.41) is 10.3. The zero-order valence-electron chi connectivity index (χ0n) is 17.2. The van der Waals surface area contributed by atoms with E-state index in [0.29, 0.717) is 24.6 Å². The predicted molar refractivity (Wildman–Crippen MR) is 107 cm³/mol. The van der Waals surface area contributed by atoms with E-state index in [9.17, 15) is 27.5 Å². The maximum Gasteiger partial charge on any atom is 0.416 e. The molecule has 0 saturated heterocycles. The van der Waals surface area contributed by atoms with Crippen LogP contribution in [0.4, 0.5) is 17.6 Å². The average molecular weight is 428 g/mol. The van der Waals surface area contributed by atoms with E-state index in [-0.39, 0.29) is 23.4 Å². The molecular weight excluding hydrogens is 400 g/mol. The zero-order valence-corrected chi connectivity index (χ0v) is 17.2. The number of carbonyl (C=O) groups is 1. The topological polar surface area (TPSA) is 68.2 Å². The number of hydrogen-bond donors (Lipinski definition) is 2. The van der Waals surface area contributed by atoms with Gasteiger partial charge in [-0.25, -0.2) is 4.39 Å². The van der Waals surface area contributed by atoms with Crippen LogP contribution in [0.5, 0.6) is 0 Å². The molecule has 30 heavy (non-hydrogen) atoms. The maximum absolute atomic E-state index is 14.5. The minimum absolute atomic E-state index is 0.110. The van der Waals surface area contributed by atoms with Crippen molar-refractivity contribution in [2.45, 2.75) is 71.2 Å². The Labute approximate surface area is 173 Å². The summed E-state index contributed by atoms with van der Waals surface area (Å²) in [5.41, 5.74) is 4.80. The van der Waals surface area contributed by atoms with Crippen molar-refractivity contribution < 1.29 is 27.5 Å². The summed E-state index contributed by atoms with van der Waals surface area (Å²) in [5.74, 6) is -1.59. The van der Waals surface area contributed by atoms with Gasteiger partial charge in [0.15, 0.2) is 0 Å². The van der Waals surface area contributed by atoms with E-state index in [1.165, 1.54) is 6.07 Å². The number of nitrogens with zero attached hydrogens (tertiary/aromatic N) is 1. The molecule has 1 atom stereocenters. The summed E-state index contributed by atoms with van der Waals surface area (Å²) in [7, 11) is 0. The Balaban J connectivity index is 2.35. The Kier molecular flexibility index (Phi) is 8.06. The molecule has 0 aliphatic rings. The lowest BCUT2D eigenvalue weighted by Crippen LogP contribution is -2.15. The molecule has 0 fully saturated rings. The number of alkyl halides is 3. The number of primary amides is 1. The van der Waals surface area contributed by atoms with Crippen LogP contribution in [0.1, 0.15) is 67.1 Å². The van der Waals surface area contributed by atoms with Gasteiger partial charge in [-0.05, 0) is 44.0 Å². The van der Waals surface area contributed by atoms with Crippen molar-refractivity contribution in [3.63, 3.8) is 0 Å². The van der Waals surface area contributed by atoms with Crippen LogP contribution in [0.15, 0.2) is 24.3 Å². The van der Waals surface area contributed by atoms with E-state index in [1.54, 1.807) is 11.5 Å². The number of hydrogen-bond acceptors (Lipinski definition) is 2. The maximum atomic E-state index is 14.5. The molecule has 1 aromatic carbocycles. The fourth-order valence-corrected chi connectivity index (χ4v) is 3.53. The van der Waals surface area contributed by atoms with Crippen LogP contribution >= 0.6 is 0 Å². The van der Waals surface area contributed by atoms with Crippen molar-refractivity contribution in [2.75, 3.05) is 0 Å². The van der Waals surface area contributed by atoms with E-state index in [2.05, 4.69) is 6.92 Å². The normalized spacial score (nSPS) is 12.9. The fourth-order valence-electron chi connectivity index (χ4n) is 3.53. The standard InChI is InChI=1S/C22H28F4N2O2/c1-3-4-5-6-7-16(29)10-11-28-14(2)17(21(27)30)13-20(28)18-12-15(22(24,25)26)8-9-19(18)23/h8-9,12-13,16,29H,3-7,10-11H2,1-2H3,(H2,27,30). The Bertz CT molecular complexity index is 875. The molecule has 0 aliphatic carbocycles. The van der Waals surface area contributed by atoms with Gasteiger partial charge in [0.1, 0.15) is 5.82 Å². The first-order valence-electron chi connectivity index (χ1n) is 10.1. The van der Waals surface area contributed by atoms with Crippen LogP contribution in [0.25, 0.3) is 11.3 Å². The first kappa shape index (κ1) is 23.9. The molecule has 2 aromatic rings. The van der Waals surface area contributed by atoms with Gasteiger partial charge in [0.05, 0.1) is 22.9 Å². The molecule has 0 bridgehead atoms. The molecule has 0 spiro atoms. The average Bonchev–Trinajstić information content (AvgIpc) is 2.99. The van der Waals surface area contributed by atoms with Crippen LogP contribution in [-0.4, -0.2) is 21.7 Å². The first-order valence-corrected chi connectivity index (χ1v) is 10.1. The van der Waals surface area contributed by atoms with E-state index >= 15 is 0 Å². The number of rotatable bonds is 10. The fraction of sp³-hybridized carbons (Fsp3) is 0.500. The minimum atomic E-state index is -4.63. The van der Waals surface area contributed by atoms with Crippen molar-refractivity contribution in [3.8, 4) is 11.3 Å². The number of unbranched alkanes of at least 4 members (excludes halogenated alkanes) is 3. The third-order valence-electron chi connectivity index (χ3n) is 5.28. The number of aromatic nitrogens is 1. The molecule has 2 rings (SSSR count). The van der Waals surface area contributed by atoms with Gasteiger partial charge < -0.3 is 15.4 Å². The smallest absolute Gasteiger partial charge is 0.393 e. The Hall–Kier alpha value is -2.35. The van der Waals surface area contributed by atoms with E-state index in [4.69, 9.17) is 5.73 Å². The minimum Gasteiger partial charge on any atom is -0.393 e. The van der Waals surface area contributed by atoms with Gasteiger partial charge in [-0.15, -0.1) is 0 Å². The first-order chi connectivity index (χ1) is 14.1. The molecular formula is C22H28F4N2O2. The van der Waals surface area contributed by atoms with Crippen LogP contribution in [0.2, 0.25) is 0 Å². The lowest BCUT2D eigenvalue weighted by Gasteiger charge is -2.16. The molecule has 166 valence electrons. The molecule has 8 heteroatoms. The highest BCUT2D eigenvalue weighted by Crippen LogP contribution is 2.35. The van der Waals surface area contributed by atoms with Crippen molar-refractivity contribution in [1.82, 2.24) is 4.57 Å². The highest BCUT2D eigenvalue weighted by molar-refractivity contribution is 5.95. The number of halogens is 4. The molecule has 4 nitrogen and oxygen atoms in total. The quantitative estimate of drug-likeness (QED) is 0.391. The van der Waals surface area contributed by atoms with Crippen molar-refractivity contribution in [3.05, 3.63) is 46.9 Å². The Morgan fingerprint density at radius 3 is 2.47 bits per heavy atom. The molecule has 0 aliphatic heterocycles. The molecule has 0 saturated carbocycles. The highest BCUT2D eigenvalue weighted by atomic mass is 19.4. The highest BCUT2D eigenvalue weighted by Gasteiger charge is 2.32. The lowest BCUT2D eigenvalue weighted by atomic mass is 10.1. The van der Waals surface area contributed by atoms with Crippen LogP contribution in [0, 0.1) is 12.7 Å². The number of aliphatic hydroxyl groups excluding tert-OH is 1. The van der Waals surface area contributed by atoms with Crippen LogP contribution in [0.3, 0.4) is 0 Å². The second-order valence-corrected chi connectivity index (χ2v) is 7.53. The van der Waals surface area contributed by atoms with Crippen molar-refractivity contribution >= 4 is 5.91 Å². The van der Waals surface area contributed by atoms with Gasteiger partial charge in [-0.2, -0.15) is 13.2 Å². The van der Waals surface area contributed by atoms with E-state index < -0.39 is 29.6 Å². The van der Waals surface area contributed by atoms with E-state index in [0.717, 1.165) is 37.8 Å². The van der Waals surface area contributed by atoms with Gasteiger partial charge in [-0.3, -0.25) is 4.79 Å². The summed E-state index contributed by atoms with van der Waals surface area (Å²) in [6.07, 6.45) is -0.228. The van der Waals surface area contributed by atoms with Gasteiger partial charge in [-0.1, -0.05) is 32.6 Å². The summed E-state index contributed by atoms with van der Waals surface area (Å²) in [4.78, 5) is 11.8. The number of carbonyl (C=O) groups excluding carboxylic acids is 1. The second kappa shape index (κ2) is 10.1. The van der Waals surface area contributed by atoms with Gasteiger partial charge in [0.2, 0.25) is 0 Å². The third kappa shape index (κ3) is 5.84. The second-order valence-electron chi connectivity index (χ2n) is 7.53. The SMILES string of the molecule is CCCCCCC(O)CCn1c(-c2cc(C(F)(F)F)ccc2F)cc(C(N)=O)c1C. The largest absolute Gasteiger partial charge is 0.416 e. The number of benzene rings is 1. The molecule has 1 unspecified atom stereocenters.